The summed E-state index contributed by atoms with van der Waals surface area (Å²) in [4.78, 5) is 12.1. The zero-order valence-electron chi connectivity index (χ0n) is 11.8. The van der Waals surface area contributed by atoms with Crippen LogP contribution in [-0.2, 0) is 9.53 Å². The van der Waals surface area contributed by atoms with Crippen LogP contribution >= 0.6 is 0 Å². The van der Waals surface area contributed by atoms with E-state index >= 15 is 0 Å². The molecule has 1 N–H and O–H groups in total. The highest BCUT2D eigenvalue weighted by molar-refractivity contribution is 5.78. The van der Waals surface area contributed by atoms with Crippen molar-refractivity contribution >= 4 is 5.91 Å². The van der Waals surface area contributed by atoms with E-state index in [9.17, 15) is 10.1 Å². The van der Waals surface area contributed by atoms with Crippen LogP contribution in [-0.4, -0.2) is 24.7 Å². The summed E-state index contributed by atoms with van der Waals surface area (Å²) in [5.41, 5.74) is -0.253. The molecule has 0 spiro atoms. The van der Waals surface area contributed by atoms with Gasteiger partial charge in [0, 0.05) is 7.11 Å². The molecule has 0 aromatic heterocycles. The summed E-state index contributed by atoms with van der Waals surface area (Å²) in [5.74, 6) is 0.307. The SMILES string of the molecule is COC1(CC(=O)NC(C#N)C2CCCCC2)CCC1. The van der Waals surface area contributed by atoms with Crippen LogP contribution in [0.2, 0.25) is 0 Å². The molecule has 2 rings (SSSR count). The number of methoxy groups -OCH3 is 1. The first-order valence-electron chi connectivity index (χ1n) is 7.43. The molecule has 1 amide bonds. The third-order valence-electron chi connectivity index (χ3n) is 4.76. The van der Waals surface area contributed by atoms with Crippen molar-refractivity contribution < 1.29 is 9.53 Å². The molecule has 0 radical (unpaired) electrons. The van der Waals surface area contributed by atoms with Crippen LogP contribution in [0.15, 0.2) is 0 Å². The fourth-order valence-electron chi connectivity index (χ4n) is 3.26. The van der Waals surface area contributed by atoms with Crippen LogP contribution in [0.4, 0.5) is 0 Å². The van der Waals surface area contributed by atoms with Gasteiger partial charge in [0.25, 0.3) is 0 Å². The van der Waals surface area contributed by atoms with E-state index in [0.717, 1.165) is 32.1 Å². The lowest BCUT2D eigenvalue weighted by Gasteiger charge is -2.40. The van der Waals surface area contributed by atoms with Crippen molar-refractivity contribution in [2.75, 3.05) is 7.11 Å². The van der Waals surface area contributed by atoms with Crippen LogP contribution in [0.25, 0.3) is 0 Å². The minimum atomic E-state index is -0.318. The largest absolute Gasteiger partial charge is 0.378 e. The fraction of sp³-hybridized carbons (Fsp3) is 0.867. The molecule has 0 aromatic rings. The number of hydrogen-bond donors (Lipinski definition) is 1. The molecule has 2 aliphatic rings. The topological polar surface area (TPSA) is 62.1 Å². The number of nitrogens with one attached hydrogen (secondary N) is 1. The second kappa shape index (κ2) is 6.38. The van der Waals surface area contributed by atoms with Crippen LogP contribution in [0.5, 0.6) is 0 Å². The fourth-order valence-corrected chi connectivity index (χ4v) is 3.26. The van der Waals surface area contributed by atoms with E-state index in [0.29, 0.717) is 12.3 Å². The third kappa shape index (κ3) is 3.48. The van der Waals surface area contributed by atoms with E-state index in [1.165, 1.54) is 19.3 Å². The number of hydrogen-bond acceptors (Lipinski definition) is 3. The molecule has 0 aliphatic heterocycles. The van der Waals surface area contributed by atoms with Gasteiger partial charge < -0.3 is 10.1 Å². The zero-order valence-corrected chi connectivity index (χ0v) is 11.8. The first kappa shape index (κ1) is 14.3. The van der Waals surface area contributed by atoms with E-state index in [4.69, 9.17) is 4.74 Å². The Hall–Kier alpha value is -1.08. The Bertz CT molecular complexity index is 346. The van der Waals surface area contributed by atoms with Crippen molar-refractivity contribution in [3.63, 3.8) is 0 Å². The number of rotatable bonds is 5. The quantitative estimate of drug-likeness (QED) is 0.830. The molecule has 19 heavy (non-hydrogen) atoms. The number of amides is 1. The van der Waals surface area contributed by atoms with Crippen molar-refractivity contribution in [3.05, 3.63) is 0 Å². The normalized spacial score (nSPS) is 24.0. The van der Waals surface area contributed by atoms with Crippen molar-refractivity contribution in [2.24, 2.45) is 5.92 Å². The van der Waals surface area contributed by atoms with E-state index < -0.39 is 0 Å². The zero-order chi connectivity index (χ0) is 13.7. The van der Waals surface area contributed by atoms with Gasteiger partial charge in [-0.15, -0.1) is 0 Å². The maximum atomic E-state index is 12.1. The van der Waals surface area contributed by atoms with Crippen molar-refractivity contribution in [1.82, 2.24) is 5.32 Å². The second-order valence-corrected chi connectivity index (χ2v) is 5.99. The Labute approximate surface area is 115 Å². The third-order valence-corrected chi connectivity index (χ3v) is 4.76. The number of ether oxygens (including phenoxy) is 1. The Balaban J connectivity index is 1.84. The molecule has 4 nitrogen and oxygen atoms in total. The molecule has 0 heterocycles. The number of nitrogens with zero attached hydrogens (tertiary/aromatic N) is 1. The van der Waals surface area contributed by atoms with Crippen LogP contribution in [0.1, 0.15) is 57.8 Å². The Morgan fingerprint density at radius 3 is 2.53 bits per heavy atom. The Morgan fingerprint density at radius 2 is 2.05 bits per heavy atom. The van der Waals surface area contributed by atoms with Gasteiger partial charge in [0.1, 0.15) is 6.04 Å². The monoisotopic (exact) mass is 264 g/mol. The molecule has 1 unspecified atom stereocenters. The van der Waals surface area contributed by atoms with Crippen LogP contribution in [0.3, 0.4) is 0 Å². The molecule has 2 fully saturated rings. The number of carbonyl (C=O) groups excluding carboxylic acids is 1. The van der Waals surface area contributed by atoms with Gasteiger partial charge in [0.2, 0.25) is 5.91 Å². The van der Waals surface area contributed by atoms with E-state index in [1.807, 2.05) is 0 Å². The van der Waals surface area contributed by atoms with Gasteiger partial charge in [-0.1, -0.05) is 19.3 Å². The molecule has 0 bridgehead atoms. The van der Waals surface area contributed by atoms with Crippen LogP contribution < -0.4 is 5.32 Å². The van der Waals surface area contributed by atoms with Gasteiger partial charge in [-0.25, -0.2) is 0 Å². The highest BCUT2D eigenvalue weighted by Crippen LogP contribution is 2.38. The lowest BCUT2D eigenvalue weighted by atomic mass is 9.77. The lowest BCUT2D eigenvalue weighted by molar-refractivity contribution is -0.134. The molecule has 106 valence electrons. The summed E-state index contributed by atoms with van der Waals surface area (Å²) in [6.07, 6.45) is 9.19. The summed E-state index contributed by atoms with van der Waals surface area (Å²) in [6.45, 7) is 0. The summed E-state index contributed by atoms with van der Waals surface area (Å²) in [7, 11) is 1.68. The van der Waals surface area contributed by atoms with E-state index in [1.54, 1.807) is 7.11 Å². The number of nitriles is 1. The lowest BCUT2D eigenvalue weighted by Crippen LogP contribution is -2.47. The summed E-state index contributed by atoms with van der Waals surface area (Å²) < 4.78 is 5.46. The summed E-state index contributed by atoms with van der Waals surface area (Å²) in [6, 6.07) is 1.95. The minimum Gasteiger partial charge on any atom is -0.378 e. The predicted octanol–water partition coefficient (Wildman–Crippen LogP) is 2.53. The van der Waals surface area contributed by atoms with E-state index in [2.05, 4.69) is 11.4 Å². The standard InChI is InChI=1S/C15H24N2O2/c1-19-15(8-5-9-15)10-14(18)17-13(11-16)12-6-3-2-4-7-12/h12-13H,2-10H2,1H3,(H,17,18). The van der Waals surface area contributed by atoms with Gasteiger partial charge >= 0.3 is 0 Å². The Kier molecular flexibility index (Phi) is 4.81. The summed E-state index contributed by atoms with van der Waals surface area (Å²) >= 11 is 0. The smallest absolute Gasteiger partial charge is 0.223 e. The Morgan fingerprint density at radius 1 is 1.37 bits per heavy atom. The maximum Gasteiger partial charge on any atom is 0.223 e. The predicted molar refractivity (Wildman–Crippen MR) is 72.3 cm³/mol. The van der Waals surface area contributed by atoms with Crippen LogP contribution in [0, 0.1) is 17.2 Å². The molecule has 2 aliphatic carbocycles. The van der Waals surface area contributed by atoms with Gasteiger partial charge in [-0.3, -0.25) is 4.79 Å². The maximum absolute atomic E-state index is 12.1. The average Bonchev–Trinajstić information content (AvgIpc) is 2.41. The average molecular weight is 264 g/mol. The van der Waals surface area contributed by atoms with Gasteiger partial charge in [0.05, 0.1) is 18.1 Å². The van der Waals surface area contributed by atoms with Crippen molar-refractivity contribution in [2.45, 2.75) is 69.4 Å². The highest BCUT2D eigenvalue weighted by Gasteiger charge is 2.39. The van der Waals surface area contributed by atoms with E-state index in [-0.39, 0.29) is 17.6 Å². The van der Waals surface area contributed by atoms with Gasteiger partial charge in [-0.05, 0) is 38.0 Å². The molecule has 0 aromatic carbocycles. The molecule has 1 atom stereocenters. The first-order valence-corrected chi connectivity index (χ1v) is 7.43. The first-order chi connectivity index (χ1) is 9.19. The van der Waals surface area contributed by atoms with Gasteiger partial charge in [0.15, 0.2) is 0 Å². The molecular weight excluding hydrogens is 240 g/mol. The second-order valence-electron chi connectivity index (χ2n) is 5.99. The van der Waals surface area contributed by atoms with Gasteiger partial charge in [-0.2, -0.15) is 5.26 Å². The summed E-state index contributed by atoms with van der Waals surface area (Å²) in [5, 5.41) is 12.2. The highest BCUT2D eigenvalue weighted by atomic mass is 16.5. The molecular formula is C15H24N2O2. The molecule has 4 heteroatoms. The molecule has 2 saturated carbocycles. The number of carbonyl (C=O) groups is 1. The minimum absolute atomic E-state index is 0.0290. The molecule has 0 saturated heterocycles. The van der Waals surface area contributed by atoms with Crippen molar-refractivity contribution in [3.8, 4) is 6.07 Å². The van der Waals surface area contributed by atoms with Crippen molar-refractivity contribution in [1.29, 1.82) is 5.26 Å².